The normalized spacial score (nSPS) is 28.9. The molecule has 0 bridgehead atoms. The molecule has 1 unspecified atom stereocenters. The molecular formula is C12H16ClN. The standard InChI is InChI=1S/C12H16ClN/c1-8-4-5-9(10(13)6-8)12(14)7-11(12,2)3/h4-6H,7,14H2,1-3H3. The predicted octanol–water partition coefficient (Wildman–Crippen LogP) is 3.23. The van der Waals surface area contributed by atoms with Gasteiger partial charge in [0.15, 0.2) is 0 Å². The zero-order chi connectivity index (χ0) is 10.6. The smallest absolute Gasteiger partial charge is 0.0482 e. The Morgan fingerprint density at radius 2 is 1.93 bits per heavy atom. The molecule has 1 aromatic rings. The lowest BCUT2D eigenvalue weighted by atomic mass is 9.96. The molecule has 0 saturated heterocycles. The molecule has 2 rings (SSSR count). The lowest BCUT2D eigenvalue weighted by molar-refractivity contribution is 0.510. The third-order valence-corrected chi connectivity index (χ3v) is 3.72. The Kier molecular flexibility index (Phi) is 1.96. The fourth-order valence-electron chi connectivity index (χ4n) is 2.09. The summed E-state index contributed by atoms with van der Waals surface area (Å²) in [5.41, 5.74) is 8.56. The third-order valence-electron chi connectivity index (χ3n) is 3.41. The Labute approximate surface area is 90.3 Å². The van der Waals surface area contributed by atoms with Crippen LogP contribution in [0.3, 0.4) is 0 Å². The van der Waals surface area contributed by atoms with E-state index in [9.17, 15) is 0 Å². The van der Waals surface area contributed by atoms with E-state index in [0.29, 0.717) is 0 Å². The maximum absolute atomic E-state index is 6.31. The molecule has 0 radical (unpaired) electrons. The Bertz CT molecular complexity index is 384. The van der Waals surface area contributed by atoms with Crippen molar-refractivity contribution in [2.75, 3.05) is 0 Å². The van der Waals surface area contributed by atoms with E-state index in [1.165, 1.54) is 5.56 Å². The van der Waals surface area contributed by atoms with Crippen LogP contribution in [0, 0.1) is 12.3 Å². The lowest BCUT2D eigenvalue weighted by Gasteiger charge is -2.17. The first kappa shape index (κ1) is 10.0. The van der Waals surface area contributed by atoms with Crippen molar-refractivity contribution in [2.45, 2.75) is 32.7 Å². The second kappa shape index (κ2) is 2.74. The van der Waals surface area contributed by atoms with Crippen molar-refractivity contribution in [1.29, 1.82) is 0 Å². The molecule has 1 aliphatic carbocycles. The summed E-state index contributed by atoms with van der Waals surface area (Å²) >= 11 is 6.20. The molecule has 14 heavy (non-hydrogen) atoms. The number of nitrogens with two attached hydrogens (primary N) is 1. The molecule has 76 valence electrons. The van der Waals surface area contributed by atoms with E-state index in [1.54, 1.807) is 0 Å². The Hall–Kier alpha value is -0.530. The van der Waals surface area contributed by atoms with Crippen LogP contribution in [0.1, 0.15) is 31.4 Å². The molecule has 0 heterocycles. The average molecular weight is 210 g/mol. The molecule has 1 atom stereocenters. The predicted molar refractivity (Wildman–Crippen MR) is 60.5 cm³/mol. The van der Waals surface area contributed by atoms with Gasteiger partial charge >= 0.3 is 0 Å². The van der Waals surface area contributed by atoms with Crippen LogP contribution >= 0.6 is 11.6 Å². The zero-order valence-corrected chi connectivity index (χ0v) is 9.65. The summed E-state index contributed by atoms with van der Waals surface area (Å²) in [5, 5.41) is 0.804. The Morgan fingerprint density at radius 3 is 2.36 bits per heavy atom. The molecule has 2 N–H and O–H groups in total. The van der Waals surface area contributed by atoms with Gasteiger partial charge in [0, 0.05) is 10.6 Å². The molecule has 1 saturated carbocycles. The van der Waals surface area contributed by atoms with E-state index >= 15 is 0 Å². The number of rotatable bonds is 1. The minimum atomic E-state index is -0.211. The maximum Gasteiger partial charge on any atom is 0.0482 e. The van der Waals surface area contributed by atoms with Gasteiger partial charge in [0.2, 0.25) is 0 Å². The summed E-state index contributed by atoms with van der Waals surface area (Å²) in [6.07, 6.45) is 1.02. The fourth-order valence-corrected chi connectivity index (χ4v) is 2.50. The summed E-state index contributed by atoms with van der Waals surface area (Å²) in [6, 6.07) is 6.12. The highest BCUT2D eigenvalue weighted by molar-refractivity contribution is 6.31. The van der Waals surface area contributed by atoms with Gasteiger partial charge in [0.05, 0.1) is 0 Å². The van der Waals surface area contributed by atoms with E-state index in [2.05, 4.69) is 26.0 Å². The monoisotopic (exact) mass is 209 g/mol. The minimum Gasteiger partial charge on any atom is -0.321 e. The van der Waals surface area contributed by atoms with E-state index in [1.807, 2.05) is 13.0 Å². The van der Waals surface area contributed by atoms with Crippen LogP contribution in [0.5, 0.6) is 0 Å². The average Bonchev–Trinajstić information content (AvgIpc) is 2.50. The van der Waals surface area contributed by atoms with Crippen LogP contribution in [-0.4, -0.2) is 0 Å². The molecule has 1 nitrogen and oxygen atoms in total. The summed E-state index contributed by atoms with van der Waals surface area (Å²) in [4.78, 5) is 0. The molecule has 1 aromatic carbocycles. The third kappa shape index (κ3) is 1.27. The van der Waals surface area contributed by atoms with Gasteiger partial charge in [0.1, 0.15) is 0 Å². The Morgan fingerprint density at radius 1 is 1.36 bits per heavy atom. The van der Waals surface area contributed by atoms with Crippen molar-refractivity contribution in [3.8, 4) is 0 Å². The summed E-state index contributed by atoms with van der Waals surface area (Å²) in [5.74, 6) is 0. The summed E-state index contributed by atoms with van der Waals surface area (Å²) in [6.45, 7) is 6.41. The van der Waals surface area contributed by atoms with E-state index in [-0.39, 0.29) is 11.0 Å². The number of benzene rings is 1. The quantitative estimate of drug-likeness (QED) is 0.755. The van der Waals surface area contributed by atoms with Gasteiger partial charge in [-0.25, -0.2) is 0 Å². The molecule has 1 aliphatic rings. The lowest BCUT2D eigenvalue weighted by Crippen LogP contribution is -2.25. The second-order valence-corrected chi connectivity index (χ2v) is 5.42. The van der Waals surface area contributed by atoms with Gasteiger partial charge in [-0.2, -0.15) is 0 Å². The van der Waals surface area contributed by atoms with Crippen LogP contribution in [-0.2, 0) is 5.54 Å². The molecule has 2 heteroatoms. The largest absolute Gasteiger partial charge is 0.321 e. The van der Waals surface area contributed by atoms with Crippen LogP contribution in [0.25, 0.3) is 0 Å². The minimum absolute atomic E-state index is 0.186. The van der Waals surface area contributed by atoms with Gasteiger partial charge in [-0.05, 0) is 36.0 Å². The van der Waals surface area contributed by atoms with Crippen molar-refractivity contribution in [3.05, 3.63) is 34.3 Å². The number of hydrogen-bond acceptors (Lipinski definition) is 1. The van der Waals surface area contributed by atoms with Gasteiger partial charge in [0.25, 0.3) is 0 Å². The van der Waals surface area contributed by atoms with E-state index in [4.69, 9.17) is 17.3 Å². The van der Waals surface area contributed by atoms with Crippen molar-refractivity contribution in [1.82, 2.24) is 0 Å². The van der Waals surface area contributed by atoms with Crippen LogP contribution in [0.4, 0.5) is 0 Å². The second-order valence-electron chi connectivity index (χ2n) is 5.02. The number of aryl methyl sites for hydroxylation is 1. The zero-order valence-electron chi connectivity index (χ0n) is 8.89. The fraction of sp³-hybridized carbons (Fsp3) is 0.500. The van der Waals surface area contributed by atoms with Crippen LogP contribution < -0.4 is 5.73 Å². The highest BCUT2D eigenvalue weighted by Gasteiger charge is 2.60. The van der Waals surface area contributed by atoms with Gasteiger partial charge in [-0.3, -0.25) is 0 Å². The van der Waals surface area contributed by atoms with Crippen molar-refractivity contribution in [3.63, 3.8) is 0 Å². The van der Waals surface area contributed by atoms with Crippen LogP contribution in [0.15, 0.2) is 18.2 Å². The number of hydrogen-bond donors (Lipinski definition) is 1. The SMILES string of the molecule is Cc1ccc(C2(N)CC2(C)C)c(Cl)c1. The molecule has 1 fully saturated rings. The van der Waals surface area contributed by atoms with Gasteiger partial charge < -0.3 is 5.73 Å². The number of halogens is 1. The van der Waals surface area contributed by atoms with Crippen molar-refractivity contribution < 1.29 is 0 Å². The molecule has 0 aliphatic heterocycles. The molecular weight excluding hydrogens is 194 g/mol. The summed E-state index contributed by atoms with van der Waals surface area (Å²) < 4.78 is 0. The van der Waals surface area contributed by atoms with Crippen LogP contribution in [0.2, 0.25) is 5.02 Å². The first-order valence-corrected chi connectivity index (χ1v) is 5.30. The molecule has 0 amide bonds. The van der Waals surface area contributed by atoms with Gasteiger partial charge in [-0.1, -0.05) is 37.6 Å². The first-order chi connectivity index (χ1) is 6.37. The highest BCUT2D eigenvalue weighted by atomic mass is 35.5. The van der Waals surface area contributed by atoms with Gasteiger partial charge in [-0.15, -0.1) is 0 Å². The van der Waals surface area contributed by atoms with Crippen molar-refractivity contribution >= 4 is 11.6 Å². The first-order valence-electron chi connectivity index (χ1n) is 4.92. The maximum atomic E-state index is 6.31. The molecule has 0 aromatic heterocycles. The topological polar surface area (TPSA) is 26.0 Å². The highest BCUT2D eigenvalue weighted by Crippen LogP contribution is 2.61. The molecule has 0 spiro atoms. The van der Waals surface area contributed by atoms with E-state index in [0.717, 1.165) is 17.0 Å². The van der Waals surface area contributed by atoms with Crippen molar-refractivity contribution in [2.24, 2.45) is 11.1 Å². The Balaban J connectivity index is 2.45. The van der Waals surface area contributed by atoms with E-state index < -0.39 is 0 Å². The summed E-state index contributed by atoms with van der Waals surface area (Å²) in [7, 11) is 0.